The van der Waals surface area contributed by atoms with E-state index < -0.39 is 5.91 Å². The Labute approximate surface area is 146 Å². The standard InChI is InChI=1S/C19H18N4O2/c1-13-6-8-17(9-7-13)22-19(25)15(11-20)12-23(14(2)24)18-5-3-4-16(21)10-18/h3-10,12H,21H2,1-2H3,(H,22,25)/b15-12-. The predicted octanol–water partition coefficient (Wildman–Crippen LogP) is 2.98. The van der Waals surface area contributed by atoms with Gasteiger partial charge in [0.2, 0.25) is 5.91 Å². The van der Waals surface area contributed by atoms with Crippen LogP contribution in [0.2, 0.25) is 0 Å². The lowest BCUT2D eigenvalue weighted by Crippen LogP contribution is -2.25. The van der Waals surface area contributed by atoms with Crippen molar-refractivity contribution in [1.29, 1.82) is 5.26 Å². The number of hydrogen-bond donors (Lipinski definition) is 2. The van der Waals surface area contributed by atoms with Crippen molar-refractivity contribution in [3.63, 3.8) is 0 Å². The monoisotopic (exact) mass is 334 g/mol. The quantitative estimate of drug-likeness (QED) is 0.510. The van der Waals surface area contributed by atoms with Crippen molar-refractivity contribution in [1.82, 2.24) is 0 Å². The number of carbonyl (C=O) groups excluding carboxylic acids is 2. The number of nitrogens with one attached hydrogen (secondary N) is 1. The molecule has 0 unspecified atom stereocenters. The second-order valence-corrected chi connectivity index (χ2v) is 5.46. The molecule has 3 N–H and O–H groups in total. The van der Waals surface area contributed by atoms with Crippen LogP contribution in [0.25, 0.3) is 0 Å². The number of rotatable bonds is 4. The highest BCUT2D eigenvalue weighted by atomic mass is 16.2. The molecule has 0 atom stereocenters. The zero-order valence-electron chi connectivity index (χ0n) is 14.0. The van der Waals surface area contributed by atoms with Crippen molar-refractivity contribution >= 4 is 28.9 Å². The molecule has 2 rings (SSSR count). The Morgan fingerprint density at radius 2 is 1.88 bits per heavy atom. The van der Waals surface area contributed by atoms with Gasteiger partial charge in [-0.2, -0.15) is 5.26 Å². The summed E-state index contributed by atoms with van der Waals surface area (Å²) >= 11 is 0. The van der Waals surface area contributed by atoms with Crippen molar-refractivity contribution in [2.45, 2.75) is 13.8 Å². The molecule has 2 aromatic carbocycles. The summed E-state index contributed by atoms with van der Waals surface area (Å²) in [5, 5.41) is 11.9. The lowest BCUT2D eigenvalue weighted by Gasteiger charge is -2.17. The normalized spacial score (nSPS) is 10.7. The maximum Gasteiger partial charge on any atom is 0.267 e. The maximum atomic E-state index is 12.3. The Morgan fingerprint density at radius 3 is 2.44 bits per heavy atom. The molecule has 126 valence electrons. The van der Waals surface area contributed by atoms with E-state index >= 15 is 0 Å². The van der Waals surface area contributed by atoms with Gasteiger partial charge in [-0.05, 0) is 37.3 Å². The summed E-state index contributed by atoms with van der Waals surface area (Å²) in [7, 11) is 0. The molecule has 0 radical (unpaired) electrons. The zero-order chi connectivity index (χ0) is 18.4. The zero-order valence-corrected chi connectivity index (χ0v) is 14.0. The molecule has 0 saturated carbocycles. The Balaban J connectivity index is 2.29. The molecule has 25 heavy (non-hydrogen) atoms. The number of amides is 2. The molecule has 0 aliphatic heterocycles. The van der Waals surface area contributed by atoms with Crippen LogP contribution in [0.4, 0.5) is 17.1 Å². The molecule has 2 amide bonds. The largest absolute Gasteiger partial charge is 0.399 e. The molecule has 0 heterocycles. The van der Waals surface area contributed by atoms with Crippen LogP contribution in [0.3, 0.4) is 0 Å². The summed E-state index contributed by atoms with van der Waals surface area (Å²) in [6, 6.07) is 15.6. The van der Waals surface area contributed by atoms with E-state index in [4.69, 9.17) is 5.73 Å². The molecular weight excluding hydrogens is 316 g/mol. The Bertz CT molecular complexity index is 864. The van der Waals surface area contributed by atoms with Crippen molar-refractivity contribution < 1.29 is 9.59 Å². The van der Waals surface area contributed by atoms with Crippen molar-refractivity contribution in [3.8, 4) is 6.07 Å². The van der Waals surface area contributed by atoms with E-state index in [0.29, 0.717) is 17.1 Å². The Morgan fingerprint density at radius 1 is 1.20 bits per heavy atom. The molecule has 6 nitrogen and oxygen atoms in total. The lowest BCUT2D eigenvalue weighted by molar-refractivity contribution is -0.116. The van der Waals surface area contributed by atoms with E-state index in [1.807, 2.05) is 25.1 Å². The molecule has 0 aliphatic rings. The molecule has 0 aromatic heterocycles. The number of carbonyl (C=O) groups is 2. The van der Waals surface area contributed by atoms with Crippen molar-refractivity contribution in [2.24, 2.45) is 0 Å². The second-order valence-electron chi connectivity index (χ2n) is 5.46. The van der Waals surface area contributed by atoms with Crippen LogP contribution in [0.5, 0.6) is 0 Å². The van der Waals surface area contributed by atoms with Crippen LogP contribution < -0.4 is 16.0 Å². The van der Waals surface area contributed by atoms with Crippen molar-refractivity contribution in [2.75, 3.05) is 16.0 Å². The van der Waals surface area contributed by atoms with E-state index in [2.05, 4.69) is 5.32 Å². The highest BCUT2D eigenvalue weighted by molar-refractivity contribution is 6.08. The first-order valence-electron chi connectivity index (χ1n) is 7.56. The third-order valence-electron chi connectivity index (χ3n) is 3.42. The van der Waals surface area contributed by atoms with E-state index in [1.165, 1.54) is 18.0 Å². The van der Waals surface area contributed by atoms with Crippen molar-refractivity contribution in [3.05, 3.63) is 65.9 Å². The minimum atomic E-state index is -0.596. The van der Waals surface area contributed by atoms with Gasteiger partial charge in [-0.25, -0.2) is 0 Å². The van der Waals surface area contributed by atoms with Gasteiger partial charge in [-0.15, -0.1) is 0 Å². The summed E-state index contributed by atoms with van der Waals surface area (Å²) in [6.45, 7) is 3.27. The molecule has 0 aliphatic carbocycles. The van der Waals surface area contributed by atoms with Crippen LogP contribution in [0.15, 0.2) is 60.3 Å². The molecule has 0 saturated heterocycles. The van der Waals surface area contributed by atoms with E-state index in [0.717, 1.165) is 5.56 Å². The predicted molar refractivity (Wildman–Crippen MR) is 97.5 cm³/mol. The third kappa shape index (κ3) is 4.69. The SMILES string of the molecule is CC(=O)N(/C=C(/C#N)C(=O)Nc1ccc(C)cc1)c1cccc(N)c1. The smallest absolute Gasteiger partial charge is 0.267 e. The van der Waals surface area contributed by atoms with E-state index in [-0.39, 0.29) is 11.5 Å². The van der Waals surface area contributed by atoms with E-state index in [1.54, 1.807) is 36.4 Å². The maximum absolute atomic E-state index is 12.3. The summed E-state index contributed by atoms with van der Waals surface area (Å²) in [6.07, 6.45) is 1.21. The van der Waals surface area contributed by atoms with Crippen LogP contribution >= 0.6 is 0 Å². The highest BCUT2D eigenvalue weighted by Crippen LogP contribution is 2.19. The molecule has 0 bridgehead atoms. The van der Waals surface area contributed by atoms with Gasteiger partial charge in [0.05, 0.1) is 5.69 Å². The Hall–Kier alpha value is -3.59. The number of nitrogen functional groups attached to an aromatic ring is 1. The van der Waals surface area contributed by atoms with Gasteiger partial charge >= 0.3 is 0 Å². The summed E-state index contributed by atoms with van der Waals surface area (Å²) in [5.74, 6) is -0.942. The minimum Gasteiger partial charge on any atom is -0.399 e. The fourth-order valence-corrected chi connectivity index (χ4v) is 2.12. The first-order valence-corrected chi connectivity index (χ1v) is 7.56. The summed E-state index contributed by atoms with van der Waals surface area (Å²) in [5.41, 5.74) is 8.10. The number of hydrogen-bond acceptors (Lipinski definition) is 4. The van der Waals surface area contributed by atoms with Gasteiger partial charge in [0.25, 0.3) is 5.91 Å². The van der Waals surface area contributed by atoms with Crippen LogP contribution in [-0.2, 0) is 9.59 Å². The van der Waals surface area contributed by atoms with Crippen LogP contribution in [0, 0.1) is 18.3 Å². The van der Waals surface area contributed by atoms with Gasteiger partial charge < -0.3 is 11.1 Å². The molecule has 0 spiro atoms. The topological polar surface area (TPSA) is 99.2 Å². The number of benzene rings is 2. The fourth-order valence-electron chi connectivity index (χ4n) is 2.12. The highest BCUT2D eigenvalue weighted by Gasteiger charge is 2.15. The molecule has 0 fully saturated rings. The average molecular weight is 334 g/mol. The number of nitrogens with zero attached hydrogens (tertiary/aromatic N) is 2. The fraction of sp³-hybridized carbons (Fsp3) is 0.105. The minimum absolute atomic E-state index is 0.196. The molecular formula is C19H18N4O2. The number of nitriles is 1. The second kappa shape index (κ2) is 7.79. The number of nitrogens with two attached hydrogens (primary N) is 1. The van der Waals surface area contributed by atoms with Gasteiger partial charge in [-0.1, -0.05) is 23.8 Å². The summed E-state index contributed by atoms with van der Waals surface area (Å²) < 4.78 is 0. The Kier molecular flexibility index (Phi) is 5.54. The lowest BCUT2D eigenvalue weighted by atomic mass is 10.2. The number of anilines is 3. The first kappa shape index (κ1) is 17.8. The first-order chi connectivity index (χ1) is 11.9. The number of aryl methyl sites for hydroxylation is 1. The van der Waals surface area contributed by atoms with E-state index in [9.17, 15) is 14.9 Å². The van der Waals surface area contributed by atoms with Crippen LogP contribution in [-0.4, -0.2) is 11.8 Å². The van der Waals surface area contributed by atoms with Gasteiger partial charge in [0.15, 0.2) is 0 Å². The van der Waals surface area contributed by atoms with Crippen LogP contribution in [0.1, 0.15) is 12.5 Å². The van der Waals surface area contributed by atoms with Gasteiger partial charge in [0.1, 0.15) is 11.6 Å². The third-order valence-corrected chi connectivity index (χ3v) is 3.42. The molecule has 6 heteroatoms. The van der Waals surface area contributed by atoms with Gasteiger partial charge in [0, 0.05) is 24.5 Å². The summed E-state index contributed by atoms with van der Waals surface area (Å²) in [4.78, 5) is 25.5. The molecule has 2 aromatic rings. The van der Waals surface area contributed by atoms with Gasteiger partial charge in [-0.3, -0.25) is 14.5 Å². The average Bonchev–Trinajstić information content (AvgIpc) is 2.57.